The quantitative estimate of drug-likeness (QED) is 0.779. The van der Waals surface area contributed by atoms with Gasteiger partial charge < -0.3 is 16.2 Å². The van der Waals surface area contributed by atoms with E-state index in [-0.39, 0.29) is 29.3 Å². The van der Waals surface area contributed by atoms with E-state index in [1.54, 1.807) is 12.1 Å². The van der Waals surface area contributed by atoms with Crippen molar-refractivity contribution in [2.75, 3.05) is 0 Å². The van der Waals surface area contributed by atoms with Crippen LogP contribution in [0.25, 0.3) is 0 Å². The molecular formula is C12H15BrN2O2. The molecule has 2 unspecified atom stereocenters. The van der Waals surface area contributed by atoms with E-state index in [9.17, 15) is 9.90 Å². The number of phenolic OH excluding ortho intramolecular Hbond substituents is 1. The van der Waals surface area contributed by atoms with E-state index in [0.717, 1.165) is 23.7 Å². The molecule has 0 spiro atoms. The van der Waals surface area contributed by atoms with Crippen LogP contribution in [0, 0.1) is 0 Å². The van der Waals surface area contributed by atoms with E-state index < -0.39 is 0 Å². The topological polar surface area (TPSA) is 75.3 Å². The van der Waals surface area contributed by atoms with E-state index in [1.807, 2.05) is 0 Å². The van der Waals surface area contributed by atoms with Crippen LogP contribution < -0.4 is 11.1 Å². The van der Waals surface area contributed by atoms with Crippen molar-refractivity contribution in [2.24, 2.45) is 5.73 Å². The van der Waals surface area contributed by atoms with Gasteiger partial charge >= 0.3 is 0 Å². The van der Waals surface area contributed by atoms with Crippen molar-refractivity contribution in [3.63, 3.8) is 0 Å². The second kappa shape index (κ2) is 5.06. The first-order valence-electron chi connectivity index (χ1n) is 5.63. The van der Waals surface area contributed by atoms with Crippen LogP contribution in [0.2, 0.25) is 0 Å². The largest absolute Gasteiger partial charge is 0.507 e. The van der Waals surface area contributed by atoms with E-state index >= 15 is 0 Å². The molecule has 0 heterocycles. The Morgan fingerprint density at radius 2 is 2.24 bits per heavy atom. The summed E-state index contributed by atoms with van der Waals surface area (Å²) in [5, 5.41) is 12.5. The van der Waals surface area contributed by atoms with Gasteiger partial charge in [-0.05, 0) is 37.5 Å². The van der Waals surface area contributed by atoms with Crippen LogP contribution in [0.1, 0.15) is 29.6 Å². The highest BCUT2D eigenvalue weighted by Crippen LogP contribution is 2.23. The summed E-state index contributed by atoms with van der Waals surface area (Å²) in [5.74, 6) is -0.291. The zero-order valence-electron chi connectivity index (χ0n) is 9.32. The van der Waals surface area contributed by atoms with Crippen LogP contribution in [-0.4, -0.2) is 23.1 Å². The number of phenols is 1. The van der Waals surface area contributed by atoms with Crippen molar-refractivity contribution in [1.82, 2.24) is 5.32 Å². The van der Waals surface area contributed by atoms with Crippen LogP contribution in [0.15, 0.2) is 22.7 Å². The highest BCUT2D eigenvalue weighted by atomic mass is 79.9. The van der Waals surface area contributed by atoms with E-state index in [2.05, 4.69) is 21.2 Å². The molecule has 1 amide bonds. The summed E-state index contributed by atoms with van der Waals surface area (Å²) >= 11 is 3.23. The van der Waals surface area contributed by atoms with Crippen molar-refractivity contribution < 1.29 is 9.90 Å². The van der Waals surface area contributed by atoms with Crippen LogP contribution >= 0.6 is 15.9 Å². The van der Waals surface area contributed by atoms with Crippen LogP contribution in [0.3, 0.4) is 0 Å². The Balaban J connectivity index is 2.09. The summed E-state index contributed by atoms with van der Waals surface area (Å²) in [6, 6.07) is 4.86. The number of halogens is 1. The van der Waals surface area contributed by atoms with Gasteiger partial charge in [-0.25, -0.2) is 0 Å². The summed E-state index contributed by atoms with van der Waals surface area (Å²) in [6.07, 6.45) is 2.89. The second-order valence-electron chi connectivity index (χ2n) is 4.34. The number of hydrogen-bond donors (Lipinski definition) is 3. The SMILES string of the molecule is NC1CCCC1NC(=O)c1ccc(Br)cc1O. The summed E-state index contributed by atoms with van der Waals surface area (Å²) in [4.78, 5) is 11.9. The Hall–Kier alpha value is -1.07. The third-order valence-corrected chi connectivity index (χ3v) is 3.58. The molecule has 0 bridgehead atoms. The molecule has 0 aliphatic heterocycles. The first kappa shape index (κ1) is 12.4. The number of rotatable bonds is 2. The molecule has 92 valence electrons. The number of nitrogens with one attached hydrogen (secondary N) is 1. The molecule has 4 N–H and O–H groups in total. The lowest BCUT2D eigenvalue weighted by Crippen LogP contribution is -2.43. The van der Waals surface area contributed by atoms with Gasteiger partial charge in [0.1, 0.15) is 5.75 Å². The summed E-state index contributed by atoms with van der Waals surface area (Å²) in [6.45, 7) is 0. The molecule has 4 nitrogen and oxygen atoms in total. The third kappa shape index (κ3) is 2.79. The zero-order chi connectivity index (χ0) is 12.4. The fraction of sp³-hybridized carbons (Fsp3) is 0.417. The molecule has 1 aliphatic carbocycles. The predicted molar refractivity (Wildman–Crippen MR) is 68.9 cm³/mol. The standard InChI is InChI=1S/C12H15BrN2O2/c13-7-4-5-8(11(16)6-7)12(17)15-10-3-1-2-9(10)14/h4-6,9-10,16H,1-3,14H2,(H,15,17). The van der Waals surface area contributed by atoms with E-state index in [1.165, 1.54) is 6.07 Å². The molecule has 1 aliphatic rings. The molecule has 0 aromatic heterocycles. The normalized spacial score (nSPS) is 23.6. The van der Waals surface area contributed by atoms with Crippen molar-refractivity contribution in [2.45, 2.75) is 31.3 Å². The molecule has 0 saturated heterocycles. The van der Waals surface area contributed by atoms with Gasteiger partial charge in [-0.3, -0.25) is 4.79 Å². The molecule has 1 aromatic rings. The molecule has 0 radical (unpaired) electrons. The number of hydrogen-bond acceptors (Lipinski definition) is 3. The second-order valence-corrected chi connectivity index (χ2v) is 5.25. The molecule has 17 heavy (non-hydrogen) atoms. The first-order chi connectivity index (χ1) is 8.08. The smallest absolute Gasteiger partial charge is 0.255 e. The maximum atomic E-state index is 11.9. The lowest BCUT2D eigenvalue weighted by Gasteiger charge is -2.17. The fourth-order valence-electron chi connectivity index (χ4n) is 2.11. The van der Waals surface area contributed by atoms with Gasteiger partial charge in [0.2, 0.25) is 0 Å². The molecule has 5 heteroatoms. The average Bonchev–Trinajstić information content (AvgIpc) is 2.64. The van der Waals surface area contributed by atoms with Gasteiger partial charge in [0, 0.05) is 16.6 Å². The summed E-state index contributed by atoms with van der Waals surface area (Å²) in [7, 11) is 0. The van der Waals surface area contributed by atoms with Crippen molar-refractivity contribution in [1.29, 1.82) is 0 Å². The number of carbonyl (C=O) groups excluding carboxylic acids is 1. The molecule has 2 rings (SSSR count). The third-order valence-electron chi connectivity index (χ3n) is 3.09. The number of amides is 1. The molecule has 1 aromatic carbocycles. The lowest BCUT2D eigenvalue weighted by molar-refractivity contribution is 0.0932. The Bertz CT molecular complexity index is 437. The Labute approximate surface area is 108 Å². The maximum Gasteiger partial charge on any atom is 0.255 e. The van der Waals surface area contributed by atoms with Crippen molar-refractivity contribution >= 4 is 21.8 Å². The van der Waals surface area contributed by atoms with Gasteiger partial charge in [0.25, 0.3) is 5.91 Å². The highest BCUT2D eigenvalue weighted by molar-refractivity contribution is 9.10. The minimum Gasteiger partial charge on any atom is -0.507 e. The predicted octanol–water partition coefficient (Wildman–Crippen LogP) is 1.76. The van der Waals surface area contributed by atoms with Crippen LogP contribution in [-0.2, 0) is 0 Å². The Morgan fingerprint density at radius 3 is 2.82 bits per heavy atom. The molecule has 1 fully saturated rings. The van der Waals surface area contributed by atoms with Crippen LogP contribution in [0.5, 0.6) is 5.75 Å². The maximum absolute atomic E-state index is 11.9. The number of carbonyl (C=O) groups is 1. The lowest BCUT2D eigenvalue weighted by atomic mass is 10.1. The zero-order valence-corrected chi connectivity index (χ0v) is 10.9. The van der Waals surface area contributed by atoms with Gasteiger partial charge in [0.15, 0.2) is 0 Å². The van der Waals surface area contributed by atoms with Crippen LogP contribution in [0.4, 0.5) is 0 Å². The van der Waals surface area contributed by atoms with Crippen molar-refractivity contribution in [3.05, 3.63) is 28.2 Å². The molecular weight excluding hydrogens is 284 g/mol. The number of benzene rings is 1. The molecule has 1 saturated carbocycles. The summed E-state index contributed by atoms with van der Waals surface area (Å²) < 4.78 is 0.740. The Morgan fingerprint density at radius 1 is 1.47 bits per heavy atom. The van der Waals surface area contributed by atoms with Gasteiger partial charge in [0.05, 0.1) is 5.56 Å². The number of nitrogens with two attached hydrogens (primary N) is 1. The van der Waals surface area contributed by atoms with Crippen molar-refractivity contribution in [3.8, 4) is 5.75 Å². The average molecular weight is 299 g/mol. The van der Waals surface area contributed by atoms with E-state index in [0.29, 0.717) is 0 Å². The van der Waals surface area contributed by atoms with Gasteiger partial charge in [-0.2, -0.15) is 0 Å². The number of aromatic hydroxyl groups is 1. The monoisotopic (exact) mass is 298 g/mol. The minimum absolute atomic E-state index is 0.0190. The van der Waals surface area contributed by atoms with Gasteiger partial charge in [-0.1, -0.05) is 15.9 Å². The van der Waals surface area contributed by atoms with Gasteiger partial charge in [-0.15, -0.1) is 0 Å². The highest BCUT2D eigenvalue weighted by Gasteiger charge is 2.26. The summed E-state index contributed by atoms with van der Waals surface area (Å²) in [5.41, 5.74) is 6.17. The molecule has 2 atom stereocenters. The fourth-order valence-corrected chi connectivity index (χ4v) is 2.46. The minimum atomic E-state index is -0.266. The Kier molecular flexibility index (Phi) is 3.69. The van der Waals surface area contributed by atoms with E-state index in [4.69, 9.17) is 5.73 Å². The first-order valence-corrected chi connectivity index (χ1v) is 6.42.